The van der Waals surface area contributed by atoms with Crippen molar-refractivity contribution in [3.05, 3.63) is 48.2 Å². The summed E-state index contributed by atoms with van der Waals surface area (Å²) in [5.41, 5.74) is 3.73. The van der Waals surface area contributed by atoms with Gasteiger partial charge in [-0.2, -0.15) is 0 Å². The van der Waals surface area contributed by atoms with Crippen molar-refractivity contribution < 1.29 is 4.42 Å². The number of hydrogen-bond acceptors (Lipinski definition) is 5. The highest BCUT2D eigenvalue weighted by Crippen LogP contribution is 2.20. The van der Waals surface area contributed by atoms with Crippen LogP contribution in [0.2, 0.25) is 0 Å². The number of aryl methyl sites for hydroxylation is 1. The standard InChI is InChI=1S/C16H15N5O/c1-10-3-2-4-12-14(10)21-13(22-12)6-8-18-16-11-5-7-17-15(11)19-9-20-16/h2-5,7,9H,6,8H2,1H3,(H2,17,18,19,20). The summed E-state index contributed by atoms with van der Waals surface area (Å²) in [4.78, 5) is 16.1. The molecule has 1 aromatic carbocycles. The number of nitrogens with one attached hydrogen (secondary N) is 2. The average Bonchev–Trinajstić information content (AvgIpc) is 3.14. The Bertz CT molecular complexity index is 940. The number of rotatable bonds is 4. The van der Waals surface area contributed by atoms with E-state index in [1.54, 1.807) is 6.33 Å². The second-order valence-corrected chi connectivity index (χ2v) is 5.17. The molecule has 0 saturated carbocycles. The fraction of sp³-hybridized carbons (Fsp3) is 0.188. The van der Waals surface area contributed by atoms with Crippen LogP contribution in [0, 0.1) is 6.92 Å². The first-order valence-electron chi connectivity index (χ1n) is 7.18. The van der Waals surface area contributed by atoms with Crippen LogP contribution >= 0.6 is 0 Å². The van der Waals surface area contributed by atoms with Gasteiger partial charge in [0, 0.05) is 19.2 Å². The number of hydrogen-bond donors (Lipinski definition) is 2. The Labute approximate surface area is 126 Å². The number of benzene rings is 1. The molecule has 22 heavy (non-hydrogen) atoms. The highest BCUT2D eigenvalue weighted by molar-refractivity contribution is 5.86. The molecular weight excluding hydrogens is 278 g/mol. The Morgan fingerprint density at radius 3 is 3.09 bits per heavy atom. The van der Waals surface area contributed by atoms with E-state index < -0.39 is 0 Å². The Morgan fingerprint density at radius 1 is 1.23 bits per heavy atom. The fourth-order valence-corrected chi connectivity index (χ4v) is 2.54. The zero-order valence-electron chi connectivity index (χ0n) is 12.1. The molecule has 0 bridgehead atoms. The molecule has 0 atom stereocenters. The molecule has 2 N–H and O–H groups in total. The van der Waals surface area contributed by atoms with Gasteiger partial charge >= 0.3 is 0 Å². The van der Waals surface area contributed by atoms with Crippen molar-refractivity contribution in [3.63, 3.8) is 0 Å². The molecule has 3 heterocycles. The topological polar surface area (TPSA) is 79.6 Å². The van der Waals surface area contributed by atoms with E-state index in [4.69, 9.17) is 4.42 Å². The quantitative estimate of drug-likeness (QED) is 0.604. The van der Waals surface area contributed by atoms with Crippen molar-refractivity contribution in [2.45, 2.75) is 13.3 Å². The monoisotopic (exact) mass is 293 g/mol. The number of aromatic amines is 1. The first-order valence-corrected chi connectivity index (χ1v) is 7.18. The maximum absolute atomic E-state index is 5.77. The normalized spacial score (nSPS) is 11.3. The Balaban J connectivity index is 1.50. The number of H-pyrrole nitrogens is 1. The van der Waals surface area contributed by atoms with Gasteiger partial charge in [0.25, 0.3) is 0 Å². The number of oxazole rings is 1. The predicted octanol–water partition coefficient (Wildman–Crippen LogP) is 3.06. The van der Waals surface area contributed by atoms with Gasteiger partial charge in [-0.25, -0.2) is 15.0 Å². The van der Waals surface area contributed by atoms with Crippen LogP contribution in [-0.4, -0.2) is 26.5 Å². The molecule has 0 amide bonds. The van der Waals surface area contributed by atoms with Crippen molar-refractivity contribution in [3.8, 4) is 0 Å². The van der Waals surface area contributed by atoms with Crippen LogP contribution in [0.3, 0.4) is 0 Å². The molecule has 0 fully saturated rings. The number of nitrogens with zero attached hydrogens (tertiary/aromatic N) is 3. The molecule has 0 saturated heterocycles. The molecule has 6 nitrogen and oxygen atoms in total. The lowest BCUT2D eigenvalue weighted by atomic mass is 10.2. The van der Waals surface area contributed by atoms with E-state index in [1.807, 2.05) is 37.4 Å². The van der Waals surface area contributed by atoms with Crippen LogP contribution in [0.5, 0.6) is 0 Å². The summed E-state index contributed by atoms with van der Waals surface area (Å²) in [6.45, 7) is 2.74. The van der Waals surface area contributed by atoms with Crippen molar-refractivity contribution in [1.82, 2.24) is 19.9 Å². The molecule has 0 aliphatic rings. The van der Waals surface area contributed by atoms with Crippen LogP contribution in [0.4, 0.5) is 5.82 Å². The minimum Gasteiger partial charge on any atom is -0.441 e. The molecule has 0 radical (unpaired) electrons. The first-order chi connectivity index (χ1) is 10.8. The summed E-state index contributed by atoms with van der Waals surface area (Å²) in [5.74, 6) is 1.55. The smallest absolute Gasteiger partial charge is 0.197 e. The maximum atomic E-state index is 5.77. The summed E-state index contributed by atoms with van der Waals surface area (Å²) < 4.78 is 5.77. The van der Waals surface area contributed by atoms with Gasteiger partial charge in [-0.15, -0.1) is 0 Å². The molecule has 4 aromatic rings. The second kappa shape index (κ2) is 5.14. The Hall–Kier alpha value is -2.89. The highest BCUT2D eigenvalue weighted by Gasteiger charge is 2.08. The number of para-hydroxylation sites is 1. The van der Waals surface area contributed by atoms with E-state index in [9.17, 15) is 0 Å². The minimum absolute atomic E-state index is 0.698. The van der Waals surface area contributed by atoms with E-state index >= 15 is 0 Å². The summed E-state index contributed by atoms with van der Waals surface area (Å²) in [6.07, 6.45) is 4.10. The SMILES string of the molecule is Cc1cccc2oc(CCNc3ncnc4[nH]ccc34)nc12. The largest absolute Gasteiger partial charge is 0.441 e. The van der Waals surface area contributed by atoms with Crippen LogP contribution in [0.25, 0.3) is 22.1 Å². The van der Waals surface area contributed by atoms with Gasteiger partial charge in [0.1, 0.15) is 23.3 Å². The lowest BCUT2D eigenvalue weighted by Crippen LogP contribution is -2.07. The summed E-state index contributed by atoms with van der Waals surface area (Å²) in [5, 5.41) is 4.29. The third-order valence-electron chi connectivity index (χ3n) is 3.65. The van der Waals surface area contributed by atoms with Crippen LogP contribution in [0.15, 0.2) is 41.2 Å². The maximum Gasteiger partial charge on any atom is 0.197 e. The van der Waals surface area contributed by atoms with Gasteiger partial charge in [0.2, 0.25) is 0 Å². The lowest BCUT2D eigenvalue weighted by molar-refractivity contribution is 0.534. The van der Waals surface area contributed by atoms with E-state index in [2.05, 4.69) is 25.3 Å². The van der Waals surface area contributed by atoms with Crippen molar-refractivity contribution in [2.24, 2.45) is 0 Å². The van der Waals surface area contributed by atoms with Crippen LogP contribution in [-0.2, 0) is 6.42 Å². The van der Waals surface area contributed by atoms with E-state index in [0.29, 0.717) is 13.0 Å². The molecule has 0 spiro atoms. The van der Waals surface area contributed by atoms with Gasteiger partial charge < -0.3 is 14.7 Å². The highest BCUT2D eigenvalue weighted by atomic mass is 16.3. The Morgan fingerprint density at radius 2 is 2.18 bits per heavy atom. The molecular formula is C16H15N5O. The summed E-state index contributed by atoms with van der Waals surface area (Å²) in [7, 11) is 0. The number of aromatic nitrogens is 4. The summed E-state index contributed by atoms with van der Waals surface area (Å²) in [6, 6.07) is 7.92. The third-order valence-corrected chi connectivity index (χ3v) is 3.65. The zero-order valence-corrected chi connectivity index (χ0v) is 12.1. The van der Waals surface area contributed by atoms with Crippen molar-refractivity contribution in [1.29, 1.82) is 0 Å². The number of fused-ring (bicyclic) bond motifs is 2. The molecule has 6 heteroatoms. The minimum atomic E-state index is 0.698. The second-order valence-electron chi connectivity index (χ2n) is 5.17. The molecule has 0 unspecified atom stereocenters. The predicted molar refractivity (Wildman–Crippen MR) is 84.8 cm³/mol. The van der Waals surface area contributed by atoms with Crippen LogP contribution in [0.1, 0.15) is 11.5 Å². The molecule has 4 rings (SSSR count). The van der Waals surface area contributed by atoms with Gasteiger partial charge in [0.05, 0.1) is 5.39 Å². The third kappa shape index (κ3) is 2.18. The fourth-order valence-electron chi connectivity index (χ4n) is 2.54. The van der Waals surface area contributed by atoms with E-state index in [0.717, 1.165) is 39.4 Å². The van der Waals surface area contributed by atoms with E-state index in [1.165, 1.54) is 0 Å². The first kappa shape index (κ1) is 12.8. The van der Waals surface area contributed by atoms with Gasteiger partial charge in [-0.1, -0.05) is 12.1 Å². The molecule has 110 valence electrons. The zero-order chi connectivity index (χ0) is 14.9. The number of anilines is 1. The van der Waals surface area contributed by atoms with Gasteiger partial charge in [0.15, 0.2) is 11.5 Å². The van der Waals surface area contributed by atoms with E-state index in [-0.39, 0.29) is 0 Å². The molecule has 0 aliphatic heterocycles. The molecule has 3 aromatic heterocycles. The average molecular weight is 293 g/mol. The van der Waals surface area contributed by atoms with Gasteiger partial charge in [-0.05, 0) is 24.6 Å². The van der Waals surface area contributed by atoms with Crippen LogP contribution < -0.4 is 5.32 Å². The van der Waals surface area contributed by atoms with Crippen molar-refractivity contribution in [2.75, 3.05) is 11.9 Å². The Kier molecular flexibility index (Phi) is 3.00. The summed E-state index contributed by atoms with van der Waals surface area (Å²) >= 11 is 0. The van der Waals surface area contributed by atoms with Gasteiger partial charge in [-0.3, -0.25) is 0 Å². The lowest BCUT2D eigenvalue weighted by Gasteiger charge is -2.04. The van der Waals surface area contributed by atoms with Crippen molar-refractivity contribution >= 4 is 28.0 Å². The molecule has 0 aliphatic carbocycles.